The van der Waals surface area contributed by atoms with Crippen molar-refractivity contribution in [2.45, 2.75) is 31.5 Å². The number of aryl methyl sites for hydroxylation is 1. The highest BCUT2D eigenvalue weighted by molar-refractivity contribution is 9.09. The molecular formula is C9H14BrN3OS. The molecule has 0 aliphatic carbocycles. The Morgan fingerprint density at radius 1 is 1.67 bits per heavy atom. The van der Waals surface area contributed by atoms with E-state index >= 15 is 0 Å². The van der Waals surface area contributed by atoms with Crippen LogP contribution in [-0.4, -0.2) is 26.9 Å². The summed E-state index contributed by atoms with van der Waals surface area (Å²) in [5, 5.41) is 6.65. The highest BCUT2D eigenvalue weighted by Crippen LogP contribution is 2.09. The molecule has 1 aromatic heterocycles. The number of hydrogen-bond acceptors (Lipinski definition) is 4. The van der Waals surface area contributed by atoms with Crippen LogP contribution in [0.25, 0.3) is 0 Å². The molecule has 1 atom stereocenters. The summed E-state index contributed by atoms with van der Waals surface area (Å²) >= 11 is 4.60. The molecule has 6 heteroatoms. The van der Waals surface area contributed by atoms with Crippen molar-refractivity contribution < 1.29 is 4.79 Å². The number of amides is 1. The first-order valence-electron chi connectivity index (χ1n) is 4.82. The van der Waals surface area contributed by atoms with Gasteiger partial charge in [-0.3, -0.25) is 4.79 Å². The molecule has 0 saturated carbocycles. The van der Waals surface area contributed by atoms with E-state index in [4.69, 9.17) is 0 Å². The summed E-state index contributed by atoms with van der Waals surface area (Å²) in [6, 6.07) is 0. The van der Waals surface area contributed by atoms with Crippen molar-refractivity contribution in [3.05, 3.63) is 10.6 Å². The Morgan fingerprint density at radius 2 is 2.40 bits per heavy atom. The Hall–Kier alpha value is -0.490. The summed E-state index contributed by atoms with van der Waals surface area (Å²) in [5.74, 6) is -0.0651. The van der Waals surface area contributed by atoms with Gasteiger partial charge in [0.05, 0.1) is 5.69 Å². The molecule has 0 spiro atoms. The van der Waals surface area contributed by atoms with Gasteiger partial charge in [-0.05, 0) is 31.3 Å². The molecule has 15 heavy (non-hydrogen) atoms. The maximum atomic E-state index is 11.6. The molecule has 0 bridgehead atoms. The summed E-state index contributed by atoms with van der Waals surface area (Å²) in [6.07, 6.45) is 2.03. The second kappa shape index (κ2) is 6.17. The predicted molar refractivity (Wildman–Crippen MR) is 64.6 cm³/mol. The molecule has 0 aliphatic heterocycles. The van der Waals surface area contributed by atoms with Gasteiger partial charge in [0, 0.05) is 11.4 Å². The van der Waals surface area contributed by atoms with Crippen LogP contribution in [0.15, 0.2) is 0 Å². The Labute approximate surface area is 102 Å². The average Bonchev–Trinajstić information content (AvgIpc) is 2.58. The number of carbonyl (C=O) groups is 1. The van der Waals surface area contributed by atoms with Crippen LogP contribution < -0.4 is 5.32 Å². The quantitative estimate of drug-likeness (QED) is 0.668. The lowest BCUT2D eigenvalue weighted by Crippen LogP contribution is -2.24. The molecule has 1 amide bonds. The van der Waals surface area contributed by atoms with E-state index in [2.05, 4.69) is 37.8 Å². The summed E-state index contributed by atoms with van der Waals surface area (Å²) in [4.78, 5) is 12.7. The van der Waals surface area contributed by atoms with E-state index in [-0.39, 0.29) is 5.91 Å². The topological polar surface area (TPSA) is 54.9 Å². The third kappa shape index (κ3) is 4.25. The predicted octanol–water partition coefficient (Wildman–Crippen LogP) is 2.14. The van der Waals surface area contributed by atoms with Crippen molar-refractivity contribution in [3.8, 4) is 0 Å². The smallest absolute Gasteiger partial charge is 0.264 e. The van der Waals surface area contributed by atoms with Gasteiger partial charge in [-0.15, -0.1) is 5.10 Å². The zero-order valence-electron chi connectivity index (χ0n) is 8.79. The Kier molecular flexibility index (Phi) is 5.17. The zero-order valence-corrected chi connectivity index (χ0v) is 11.2. The third-order valence-corrected chi connectivity index (χ3v) is 3.21. The molecule has 1 unspecified atom stereocenters. The fraction of sp³-hybridized carbons (Fsp3) is 0.667. The van der Waals surface area contributed by atoms with Gasteiger partial charge in [-0.25, -0.2) is 0 Å². The van der Waals surface area contributed by atoms with Gasteiger partial charge < -0.3 is 5.32 Å². The minimum atomic E-state index is -0.0651. The van der Waals surface area contributed by atoms with E-state index in [1.807, 2.05) is 0 Å². The van der Waals surface area contributed by atoms with Crippen molar-refractivity contribution in [2.75, 3.05) is 6.54 Å². The molecule has 1 N–H and O–H groups in total. The van der Waals surface area contributed by atoms with Crippen molar-refractivity contribution in [1.29, 1.82) is 0 Å². The molecule has 0 radical (unpaired) electrons. The standard InChI is InChI=1S/C9H14BrN3OS/c1-6(10)4-3-5-11-9(14)8-7(2)12-13-15-8/h6H,3-5H2,1-2H3,(H,11,14). The Morgan fingerprint density at radius 3 is 2.93 bits per heavy atom. The first kappa shape index (κ1) is 12.6. The molecule has 1 aromatic rings. The van der Waals surface area contributed by atoms with Crippen LogP contribution in [-0.2, 0) is 0 Å². The van der Waals surface area contributed by atoms with Gasteiger partial charge >= 0.3 is 0 Å². The van der Waals surface area contributed by atoms with Crippen LogP contribution in [0.4, 0.5) is 0 Å². The van der Waals surface area contributed by atoms with Crippen LogP contribution in [0.5, 0.6) is 0 Å². The van der Waals surface area contributed by atoms with Gasteiger partial charge in [0.1, 0.15) is 4.88 Å². The van der Waals surface area contributed by atoms with Gasteiger partial charge in [0.15, 0.2) is 0 Å². The second-order valence-electron chi connectivity index (χ2n) is 3.37. The maximum absolute atomic E-state index is 11.6. The number of halogens is 1. The summed E-state index contributed by atoms with van der Waals surface area (Å²) in [6.45, 7) is 4.59. The average molecular weight is 292 g/mol. The van der Waals surface area contributed by atoms with Crippen molar-refractivity contribution in [3.63, 3.8) is 0 Å². The van der Waals surface area contributed by atoms with Gasteiger partial charge in [0.25, 0.3) is 5.91 Å². The lowest BCUT2D eigenvalue weighted by atomic mass is 10.2. The number of rotatable bonds is 5. The summed E-state index contributed by atoms with van der Waals surface area (Å²) < 4.78 is 3.72. The number of hydrogen-bond donors (Lipinski definition) is 1. The number of nitrogens with zero attached hydrogens (tertiary/aromatic N) is 2. The minimum absolute atomic E-state index is 0.0651. The fourth-order valence-corrected chi connectivity index (χ4v) is 2.00. The van der Waals surface area contributed by atoms with Crippen LogP contribution >= 0.6 is 27.5 Å². The summed E-state index contributed by atoms with van der Waals surface area (Å²) in [7, 11) is 0. The van der Waals surface area contributed by atoms with Crippen LogP contribution in [0, 0.1) is 6.92 Å². The molecular weight excluding hydrogens is 278 g/mol. The number of aromatic nitrogens is 2. The zero-order chi connectivity index (χ0) is 11.3. The van der Waals surface area contributed by atoms with Crippen LogP contribution in [0.1, 0.15) is 35.1 Å². The lowest BCUT2D eigenvalue weighted by Gasteiger charge is -2.04. The normalized spacial score (nSPS) is 12.5. The number of alkyl halides is 1. The van der Waals surface area contributed by atoms with Gasteiger partial charge in [0.2, 0.25) is 0 Å². The van der Waals surface area contributed by atoms with E-state index < -0.39 is 0 Å². The van der Waals surface area contributed by atoms with E-state index in [0.717, 1.165) is 24.4 Å². The SMILES string of the molecule is Cc1nnsc1C(=O)NCCCC(C)Br. The number of nitrogens with one attached hydrogen (secondary N) is 1. The van der Waals surface area contributed by atoms with Crippen LogP contribution in [0.2, 0.25) is 0 Å². The second-order valence-corrected chi connectivity index (χ2v) is 5.68. The first-order valence-corrected chi connectivity index (χ1v) is 6.51. The molecule has 1 heterocycles. The summed E-state index contributed by atoms with van der Waals surface area (Å²) in [5.41, 5.74) is 0.700. The monoisotopic (exact) mass is 291 g/mol. The molecule has 0 aromatic carbocycles. The van der Waals surface area contributed by atoms with Gasteiger partial charge in [-0.1, -0.05) is 27.3 Å². The molecule has 84 valence electrons. The third-order valence-electron chi connectivity index (χ3n) is 1.92. The van der Waals surface area contributed by atoms with E-state index in [0.29, 0.717) is 21.9 Å². The molecule has 1 rings (SSSR count). The van der Waals surface area contributed by atoms with Gasteiger partial charge in [-0.2, -0.15) is 0 Å². The fourth-order valence-electron chi connectivity index (χ4n) is 1.11. The Bertz CT molecular complexity index is 327. The van der Waals surface area contributed by atoms with E-state index in [1.165, 1.54) is 0 Å². The first-order chi connectivity index (χ1) is 7.11. The number of carbonyl (C=O) groups excluding carboxylic acids is 1. The van der Waals surface area contributed by atoms with Crippen molar-refractivity contribution in [2.24, 2.45) is 0 Å². The van der Waals surface area contributed by atoms with Crippen LogP contribution in [0.3, 0.4) is 0 Å². The Balaban J connectivity index is 2.28. The highest BCUT2D eigenvalue weighted by atomic mass is 79.9. The van der Waals surface area contributed by atoms with Crippen molar-refractivity contribution >= 4 is 33.4 Å². The molecule has 0 aliphatic rings. The maximum Gasteiger partial charge on any atom is 0.264 e. The van der Waals surface area contributed by atoms with E-state index in [1.54, 1.807) is 6.92 Å². The minimum Gasteiger partial charge on any atom is -0.351 e. The largest absolute Gasteiger partial charge is 0.351 e. The molecule has 0 fully saturated rings. The molecule has 4 nitrogen and oxygen atoms in total. The lowest BCUT2D eigenvalue weighted by molar-refractivity contribution is 0.0956. The molecule has 0 saturated heterocycles. The van der Waals surface area contributed by atoms with Crippen molar-refractivity contribution in [1.82, 2.24) is 14.9 Å². The van der Waals surface area contributed by atoms with E-state index in [9.17, 15) is 4.79 Å². The highest BCUT2D eigenvalue weighted by Gasteiger charge is 2.11.